The van der Waals surface area contributed by atoms with Gasteiger partial charge in [0.15, 0.2) is 5.60 Å². The Balaban J connectivity index is 1.88. The lowest BCUT2D eigenvalue weighted by Crippen LogP contribution is -2.44. The van der Waals surface area contributed by atoms with Crippen molar-refractivity contribution in [2.45, 2.75) is 31.4 Å². The Bertz CT molecular complexity index is 1060. The van der Waals surface area contributed by atoms with Crippen molar-refractivity contribution in [2.24, 2.45) is 0 Å². The monoisotopic (exact) mass is 461 g/mol. The summed E-state index contributed by atoms with van der Waals surface area (Å²) < 4.78 is 0.734. The third kappa shape index (κ3) is 3.51. The summed E-state index contributed by atoms with van der Waals surface area (Å²) in [5.74, 6) is -0.799. The molecule has 0 bridgehead atoms. The molecule has 3 aromatic rings. The Hall–Kier alpha value is -2.69. The smallest absolute Gasteiger partial charge is 0.265 e. The number of rotatable bonds is 6. The molecule has 0 saturated carbocycles. The second kappa shape index (κ2) is 8.58. The molecule has 4 rings (SSSR count). The summed E-state index contributed by atoms with van der Waals surface area (Å²) in [5, 5.41) is 12.1. The molecule has 1 N–H and O–H groups in total. The zero-order valence-electron chi connectivity index (χ0n) is 16.8. The van der Waals surface area contributed by atoms with Crippen LogP contribution in [0.25, 0.3) is 0 Å². The van der Waals surface area contributed by atoms with Crippen LogP contribution in [0.4, 0.5) is 5.69 Å². The molecule has 0 fully saturated rings. The molecule has 1 heterocycles. The molecule has 0 spiro atoms. The van der Waals surface area contributed by atoms with Crippen molar-refractivity contribution >= 4 is 27.5 Å². The topological polar surface area (TPSA) is 40.5 Å². The zero-order valence-corrected chi connectivity index (χ0v) is 18.4. The minimum Gasteiger partial charge on any atom is -0.374 e. The number of benzene rings is 3. The maximum absolute atomic E-state index is 13.8. The maximum atomic E-state index is 13.8. The van der Waals surface area contributed by atoms with Gasteiger partial charge in [0.2, 0.25) is 0 Å². The third-order valence-electron chi connectivity index (χ3n) is 5.59. The van der Waals surface area contributed by atoms with Gasteiger partial charge in [0.25, 0.3) is 5.91 Å². The van der Waals surface area contributed by atoms with Crippen molar-refractivity contribution in [1.29, 1.82) is 0 Å². The van der Waals surface area contributed by atoms with Crippen molar-refractivity contribution in [3.8, 4) is 0 Å². The van der Waals surface area contributed by atoms with E-state index in [4.69, 9.17) is 0 Å². The molecule has 0 radical (unpaired) electrons. The number of carbonyl (C=O) groups is 1. The van der Waals surface area contributed by atoms with Crippen LogP contribution >= 0.6 is 15.9 Å². The van der Waals surface area contributed by atoms with Crippen LogP contribution < -0.4 is 4.90 Å². The predicted molar refractivity (Wildman–Crippen MR) is 124 cm³/mol. The number of amides is 1. The normalized spacial score (nSPS) is 19.3. The van der Waals surface area contributed by atoms with E-state index in [2.05, 4.69) is 15.9 Å². The summed E-state index contributed by atoms with van der Waals surface area (Å²) in [7, 11) is 0. The average molecular weight is 462 g/mol. The van der Waals surface area contributed by atoms with Crippen LogP contribution in [0, 0.1) is 0 Å². The van der Waals surface area contributed by atoms with Crippen LogP contribution in [-0.4, -0.2) is 11.0 Å². The van der Waals surface area contributed by atoms with Gasteiger partial charge in [-0.05, 0) is 29.7 Å². The van der Waals surface area contributed by atoms with E-state index < -0.39 is 11.5 Å². The summed E-state index contributed by atoms with van der Waals surface area (Å²) in [4.78, 5) is 15.5. The predicted octanol–water partition coefficient (Wildman–Crippen LogP) is 5.93. The summed E-state index contributed by atoms with van der Waals surface area (Å²) >= 11 is 3.61. The fraction of sp³-hybridized carbons (Fsp3) is 0.192. The van der Waals surface area contributed by atoms with Gasteiger partial charge >= 0.3 is 0 Å². The van der Waals surface area contributed by atoms with E-state index in [-0.39, 0.29) is 5.91 Å². The quantitative estimate of drug-likeness (QED) is 0.461. The first-order chi connectivity index (χ1) is 14.6. The first kappa shape index (κ1) is 20.6. The highest BCUT2D eigenvalue weighted by atomic mass is 79.9. The highest BCUT2D eigenvalue weighted by Crippen LogP contribution is 2.51. The number of hydrogen-bond donors (Lipinski definition) is 1. The Labute approximate surface area is 185 Å². The van der Waals surface area contributed by atoms with Crippen molar-refractivity contribution in [3.05, 3.63) is 112 Å². The largest absolute Gasteiger partial charge is 0.374 e. The van der Waals surface area contributed by atoms with Crippen molar-refractivity contribution < 1.29 is 9.90 Å². The van der Waals surface area contributed by atoms with E-state index in [9.17, 15) is 9.90 Å². The number of allylic oxidation sites excluding steroid dienone is 1. The highest BCUT2D eigenvalue weighted by Gasteiger charge is 2.55. The van der Waals surface area contributed by atoms with Gasteiger partial charge in [0, 0.05) is 16.0 Å². The molecule has 0 aliphatic carbocycles. The Morgan fingerprint density at radius 1 is 1.00 bits per heavy atom. The van der Waals surface area contributed by atoms with E-state index >= 15 is 0 Å². The average Bonchev–Trinajstić information content (AvgIpc) is 2.99. The molecule has 30 heavy (non-hydrogen) atoms. The SMILES string of the molecule is CC/C=C/[C@@H](c1ccccc1)[C@]1(O)C(=O)N(Cc2ccccc2)c2cccc(Br)c21. The van der Waals surface area contributed by atoms with Gasteiger partial charge < -0.3 is 10.0 Å². The van der Waals surface area contributed by atoms with Gasteiger partial charge in [-0.2, -0.15) is 0 Å². The van der Waals surface area contributed by atoms with Gasteiger partial charge in [0.1, 0.15) is 0 Å². The molecule has 1 aliphatic rings. The molecule has 2 atom stereocenters. The lowest BCUT2D eigenvalue weighted by atomic mass is 9.77. The Kier molecular flexibility index (Phi) is 5.89. The number of fused-ring (bicyclic) bond motifs is 1. The number of carbonyl (C=O) groups excluding carboxylic acids is 1. The van der Waals surface area contributed by atoms with Crippen LogP contribution in [0.1, 0.15) is 36.0 Å². The second-order valence-electron chi connectivity index (χ2n) is 7.50. The number of hydrogen-bond acceptors (Lipinski definition) is 2. The molecule has 1 aliphatic heterocycles. The molecule has 0 saturated heterocycles. The van der Waals surface area contributed by atoms with Gasteiger partial charge in [-0.15, -0.1) is 0 Å². The van der Waals surface area contributed by atoms with Gasteiger partial charge in [-0.1, -0.05) is 102 Å². The molecular formula is C26H24BrNO2. The first-order valence-electron chi connectivity index (χ1n) is 10.2. The highest BCUT2D eigenvalue weighted by molar-refractivity contribution is 9.10. The van der Waals surface area contributed by atoms with E-state index in [1.165, 1.54) is 0 Å². The summed E-state index contributed by atoms with van der Waals surface area (Å²) in [5.41, 5.74) is 1.59. The first-order valence-corrected chi connectivity index (χ1v) is 11.0. The summed E-state index contributed by atoms with van der Waals surface area (Å²) in [6.45, 7) is 2.45. The van der Waals surface area contributed by atoms with Crippen LogP contribution in [0.15, 0.2) is 95.5 Å². The Morgan fingerprint density at radius 3 is 2.33 bits per heavy atom. The molecule has 152 valence electrons. The zero-order chi connectivity index (χ0) is 21.1. The third-order valence-corrected chi connectivity index (χ3v) is 6.25. The standard InChI is InChI=1S/C26H24BrNO2/c1-2-3-15-21(20-13-8-5-9-14-20)26(30)24-22(27)16-10-17-23(24)28(25(26)29)18-19-11-6-4-7-12-19/h3-17,21,30H,2,18H2,1H3/b15-3+/t21-,26+/m0/s1. The van der Waals surface area contributed by atoms with Crippen molar-refractivity contribution in [3.63, 3.8) is 0 Å². The maximum Gasteiger partial charge on any atom is 0.265 e. The molecule has 0 aromatic heterocycles. The van der Waals surface area contributed by atoms with Gasteiger partial charge in [0.05, 0.1) is 12.2 Å². The molecule has 3 nitrogen and oxygen atoms in total. The van der Waals surface area contributed by atoms with E-state index in [0.717, 1.165) is 27.7 Å². The van der Waals surface area contributed by atoms with Gasteiger partial charge in [-0.3, -0.25) is 4.79 Å². The van der Waals surface area contributed by atoms with Crippen molar-refractivity contribution in [1.82, 2.24) is 0 Å². The summed E-state index contributed by atoms with van der Waals surface area (Å²) in [6, 6.07) is 25.3. The summed E-state index contributed by atoms with van der Waals surface area (Å²) in [6.07, 6.45) is 4.80. The number of nitrogens with zero attached hydrogens (tertiary/aromatic N) is 1. The van der Waals surface area contributed by atoms with Crippen LogP contribution in [0.5, 0.6) is 0 Å². The molecule has 4 heteroatoms. The van der Waals surface area contributed by atoms with E-state index in [1.807, 2.05) is 97.9 Å². The number of halogens is 1. The fourth-order valence-corrected chi connectivity index (χ4v) is 4.83. The number of aliphatic hydroxyl groups is 1. The minimum absolute atomic E-state index is 0.303. The van der Waals surface area contributed by atoms with Crippen LogP contribution in [0.3, 0.4) is 0 Å². The van der Waals surface area contributed by atoms with Crippen molar-refractivity contribution in [2.75, 3.05) is 4.90 Å². The lowest BCUT2D eigenvalue weighted by molar-refractivity contribution is -0.137. The molecule has 0 unspecified atom stereocenters. The fourth-order valence-electron chi connectivity index (χ4n) is 4.17. The molecular weight excluding hydrogens is 438 g/mol. The Morgan fingerprint density at radius 2 is 1.67 bits per heavy atom. The van der Waals surface area contributed by atoms with E-state index in [0.29, 0.717) is 12.1 Å². The minimum atomic E-state index is -1.70. The molecule has 1 amide bonds. The van der Waals surface area contributed by atoms with Crippen LogP contribution in [-0.2, 0) is 16.9 Å². The van der Waals surface area contributed by atoms with Gasteiger partial charge in [-0.25, -0.2) is 0 Å². The van der Waals surface area contributed by atoms with Crippen LogP contribution in [0.2, 0.25) is 0 Å². The molecule has 3 aromatic carbocycles. The lowest BCUT2D eigenvalue weighted by Gasteiger charge is -2.31. The second-order valence-corrected chi connectivity index (χ2v) is 8.36. The van der Waals surface area contributed by atoms with E-state index in [1.54, 1.807) is 4.90 Å². The number of anilines is 1.